The summed E-state index contributed by atoms with van der Waals surface area (Å²) in [7, 11) is 0. The van der Waals surface area contributed by atoms with E-state index in [1.165, 1.54) is 40.7 Å². The van der Waals surface area contributed by atoms with E-state index in [9.17, 15) is 0 Å². The number of rotatable bonds is 3. The van der Waals surface area contributed by atoms with Crippen LogP contribution in [0.4, 0.5) is 0 Å². The third-order valence-electron chi connectivity index (χ3n) is 4.27. The van der Waals surface area contributed by atoms with Crippen molar-refractivity contribution in [3.8, 4) is 0 Å². The van der Waals surface area contributed by atoms with Gasteiger partial charge in [0.1, 0.15) is 0 Å². The van der Waals surface area contributed by atoms with Crippen LogP contribution in [0, 0.1) is 34.6 Å². The summed E-state index contributed by atoms with van der Waals surface area (Å²) in [5.41, 5.74) is 8.92. The topological polar surface area (TPSA) is 12.5 Å². The monoisotopic (exact) mass is 218 g/mol. The lowest BCUT2D eigenvalue weighted by Gasteiger charge is -2.18. The predicted octanol–water partition coefficient (Wildman–Crippen LogP) is 3.56. The fourth-order valence-corrected chi connectivity index (χ4v) is 2.49. The normalized spacial score (nSPS) is 18.9. The highest BCUT2D eigenvalue weighted by Crippen LogP contribution is 2.28. The summed E-state index contributed by atoms with van der Waals surface area (Å²) < 4.78 is 5.29. The number of hydrogen-bond donors (Lipinski definition) is 0. The van der Waals surface area contributed by atoms with Crippen molar-refractivity contribution in [2.45, 2.75) is 53.6 Å². The van der Waals surface area contributed by atoms with Gasteiger partial charge in [-0.1, -0.05) is 0 Å². The number of ether oxygens (including phenoxy) is 1. The molecule has 0 spiro atoms. The van der Waals surface area contributed by atoms with Crippen molar-refractivity contribution in [1.29, 1.82) is 0 Å². The third-order valence-corrected chi connectivity index (χ3v) is 4.27. The molecule has 0 N–H and O–H groups in total. The van der Waals surface area contributed by atoms with Gasteiger partial charge in [-0.15, -0.1) is 0 Å². The standard InChI is InChI=1S/C15H22O/c1-9-10(2)12(4)15(13(5)11(9)3)7-6-14-8-16-14/h14H,6-8H2,1-5H3. The van der Waals surface area contributed by atoms with Crippen LogP contribution in [0.15, 0.2) is 0 Å². The Kier molecular flexibility index (Phi) is 3.07. The Morgan fingerprint density at radius 2 is 1.31 bits per heavy atom. The molecule has 88 valence electrons. The summed E-state index contributed by atoms with van der Waals surface area (Å²) in [5, 5.41) is 0. The van der Waals surface area contributed by atoms with Crippen molar-refractivity contribution >= 4 is 0 Å². The molecule has 1 aliphatic heterocycles. The minimum Gasteiger partial charge on any atom is -0.373 e. The Hall–Kier alpha value is -0.820. The van der Waals surface area contributed by atoms with Gasteiger partial charge in [-0.25, -0.2) is 0 Å². The van der Waals surface area contributed by atoms with Gasteiger partial charge in [0.25, 0.3) is 0 Å². The first-order chi connectivity index (χ1) is 7.52. The molecule has 1 heterocycles. The van der Waals surface area contributed by atoms with Crippen LogP contribution in [0.2, 0.25) is 0 Å². The number of benzene rings is 1. The molecule has 1 aromatic carbocycles. The van der Waals surface area contributed by atoms with Crippen molar-refractivity contribution in [2.24, 2.45) is 0 Å². The zero-order valence-electron chi connectivity index (χ0n) is 11.1. The van der Waals surface area contributed by atoms with E-state index in [-0.39, 0.29) is 0 Å². The highest BCUT2D eigenvalue weighted by atomic mass is 16.6. The van der Waals surface area contributed by atoms with Crippen molar-refractivity contribution in [1.82, 2.24) is 0 Å². The van der Waals surface area contributed by atoms with Gasteiger partial charge in [-0.2, -0.15) is 0 Å². The van der Waals surface area contributed by atoms with Crippen molar-refractivity contribution in [3.63, 3.8) is 0 Å². The van der Waals surface area contributed by atoms with Crippen LogP contribution in [0.3, 0.4) is 0 Å². The quantitative estimate of drug-likeness (QED) is 0.707. The summed E-state index contributed by atoms with van der Waals surface area (Å²) >= 11 is 0. The molecule has 1 aromatic rings. The van der Waals surface area contributed by atoms with E-state index in [1.54, 1.807) is 5.56 Å². The molecule has 1 aliphatic rings. The molecule has 1 heteroatoms. The Morgan fingerprint density at radius 1 is 0.875 bits per heavy atom. The summed E-state index contributed by atoms with van der Waals surface area (Å²) in [6.45, 7) is 12.2. The minimum atomic E-state index is 0.542. The molecular formula is C15H22O. The van der Waals surface area contributed by atoms with Crippen molar-refractivity contribution in [2.75, 3.05) is 6.61 Å². The molecule has 1 nitrogen and oxygen atoms in total. The maximum atomic E-state index is 5.29. The molecule has 1 saturated heterocycles. The molecule has 0 radical (unpaired) electrons. The molecule has 1 atom stereocenters. The van der Waals surface area contributed by atoms with E-state index in [4.69, 9.17) is 4.74 Å². The van der Waals surface area contributed by atoms with Gasteiger partial charge < -0.3 is 4.74 Å². The van der Waals surface area contributed by atoms with Crippen LogP contribution in [0.25, 0.3) is 0 Å². The molecule has 0 bridgehead atoms. The first-order valence-electron chi connectivity index (χ1n) is 6.19. The molecule has 0 aromatic heterocycles. The third kappa shape index (κ3) is 2.01. The van der Waals surface area contributed by atoms with E-state index in [2.05, 4.69) is 34.6 Å². The highest BCUT2D eigenvalue weighted by molar-refractivity contribution is 5.49. The summed E-state index contributed by atoms with van der Waals surface area (Å²) in [6.07, 6.45) is 2.90. The predicted molar refractivity (Wildman–Crippen MR) is 68.2 cm³/mol. The molecule has 2 rings (SSSR count). The summed E-state index contributed by atoms with van der Waals surface area (Å²) in [5.74, 6) is 0. The second-order valence-electron chi connectivity index (χ2n) is 5.10. The minimum absolute atomic E-state index is 0.542. The van der Waals surface area contributed by atoms with Crippen molar-refractivity contribution < 1.29 is 4.74 Å². The molecule has 0 amide bonds. The Bertz CT molecular complexity index is 385. The molecule has 16 heavy (non-hydrogen) atoms. The average Bonchev–Trinajstić information content (AvgIpc) is 3.07. The number of epoxide rings is 1. The average molecular weight is 218 g/mol. The van der Waals surface area contributed by atoms with E-state index in [0.29, 0.717) is 6.10 Å². The molecule has 0 saturated carbocycles. The fraction of sp³-hybridized carbons (Fsp3) is 0.600. The number of hydrogen-bond acceptors (Lipinski definition) is 1. The lowest BCUT2D eigenvalue weighted by Crippen LogP contribution is -2.04. The SMILES string of the molecule is Cc1c(C)c(C)c(CCC2CO2)c(C)c1C. The van der Waals surface area contributed by atoms with Gasteiger partial charge in [-0.3, -0.25) is 0 Å². The fourth-order valence-electron chi connectivity index (χ4n) is 2.49. The zero-order chi connectivity index (χ0) is 11.9. The van der Waals surface area contributed by atoms with Crippen LogP contribution < -0.4 is 0 Å². The van der Waals surface area contributed by atoms with Crippen LogP contribution in [-0.4, -0.2) is 12.7 Å². The highest BCUT2D eigenvalue weighted by Gasteiger charge is 2.23. The molecule has 1 unspecified atom stereocenters. The van der Waals surface area contributed by atoms with Crippen LogP contribution in [-0.2, 0) is 11.2 Å². The van der Waals surface area contributed by atoms with Gasteiger partial charge >= 0.3 is 0 Å². The Morgan fingerprint density at radius 3 is 1.75 bits per heavy atom. The maximum absolute atomic E-state index is 5.29. The lowest BCUT2D eigenvalue weighted by atomic mass is 9.87. The van der Waals surface area contributed by atoms with E-state index >= 15 is 0 Å². The molecule has 1 fully saturated rings. The zero-order valence-corrected chi connectivity index (χ0v) is 11.1. The van der Waals surface area contributed by atoms with Crippen LogP contribution in [0.1, 0.15) is 39.8 Å². The Balaban J connectivity index is 2.34. The van der Waals surface area contributed by atoms with E-state index in [0.717, 1.165) is 6.61 Å². The van der Waals surface area contributed by atoms with Gasteiger partial charge in [-0.05, 0) is 80.8 Å². The van der Waals surface area contributed by atoms with Gasteiger partial charge in [0.2, 0.25) is 0 Å². The molecular weight excluding hydrogens is 196 g/mol. The van der Waals surface area contributed by atoms with Gasteiger partial charge in [0.15, 0.2) is 0 Å². The van der Waals surface area contributed by atoms with E-state index < -0.39 is 0 Å². The smallest absolute Gasteiger partial charge is 0.0813 e. The summed E-state index contributed by atoms with van der Waals surface area (Å²) in [4.78, 5) is 0. The van der Waals surface area contributed by atoms with Gasteiger partial charge in [0.05, 0.1) is 12.7 Å². The first-order valence-corrected chi connectivity index (χ1v) is 6.19. The largest absolute Gasteiger partial charge is 0.373 e. The van der Waals surface area contributed by atoms with Crippen LogP contribution in [0.5, 0.6) is 0 Å². The van der Waals surface area contributed by atoms with Crippen LogP contribution >= 0.6 is 0 Å². The second-order valence-corrected chi connectivity index (χ2v) is 5.10. The summed E-state index contributed by atoms with van der Waals surface area (Å²) in [6, 6.07) is 0. The lowest BCUT2D eigenvalue weighted by molar-refractivity contribution is 0.396. The van der Waals surface area contributed by atoms with Crippen molar-refractivity contribution in [3.05, 3.63) is 33.4 Å². The maximum Gasteiger partial charge on any atom is 0.0813 e. The first kappa shape index (κ1) is 11.7. The van der Waals surface area contributed by atoms with Gasteiger partial charge in [0, 0.05) is 0 Å². The Labute approximate surface area is 98.8 Å². The van der Waals surface area contributed by atoms with E-state index in [1.807, 2.05) is 0 Å². The second kappa shape index (κ2) is 4.21. The molecule has 0 aliphatic carbocycles.